The summed E-state index contributed by atoms with van der Waals surface area (Å²) in [6, 6.07) is 9.31. The molecular weight excluding hydrogens is 252 g/mol. The van der Waals surface area contributed by atoms with Gasteiger partial charge in [0.25, 0.3) is 0 Å². The van der Waals surface area contributed by atoms with Crippen molar-refractivity contribution in [3.05, 3.63) is 35.9 Å². The monoisotopic (exact) mass is 268 g/mol. The Morgan fingerprint density at radius 1 is 0.947 bits per heavy atom. The highest BCUT2D eigenvalue weighted by molar-refractivity contribution is 5.16. The maximum atomic E-state index is 9.94. The van der Waals surface area contributed by atoms with Crippen molar-refractivity contribution in [1.29, 1.82) is 0 Å². The predicted octanol–water partition coefficient (Wildman–Crippen LogP) is -0.460. The molecule has 0 aliphatic carbocycles. The molecule has 0 bridgehead atoms. The lowest BCUT2D eigenvalue weighted by atomic mass is 9.98. The van der Waals surface area contributed by atoms with Crippen molar-refractivity contribution in [2.45, 2.75) is 37.0 Å². The number of rotatable bonds is 1. The summed E-state index contributed by atoms with van der Waals surface area (Å²) in [6.45, 7) is 0.186. The van der Waals surface area contributed by atoms with Crippen LogP contribution in [0.15, 0.2) is 30.3 Å². The average Bonchev–Trinajstić information content (AvgIpc) is 2.46. The largest absolute Gasteiger partial charge is 0.387 e. The van der Waals surface area contributed by atoms with E-state index in [2.05, 4.69) is 0 Å². The van der Waals surface area contributed by atoms with Crippen LogP contribution in [0.3, 0.4) is 0 Å². The van der Waals surface area contributed by atoms with E-state index in [0.29, 0.717) is 0 Å². The van der Waals surface area contributed by atoms with Crippen molar-refractivity contribution < 1.29 is 29.5 Å². The smallest absolute Gasteiger partial charge is 0.184 e. The zero-order valence-corrected chi connectivity index (χ0v) is 10.1. The SMILES string of the molecule is O[C@@H]1[C@H](O)[C@@H](O)O[C@@H]2COC(c3ccccc3)O[C@@H]12. The van der Waals surface area contributed by atoms with Crippen LogP contribution in [0.1, 0.15) is 11.9 Å². The molecule has 1 aromatic carbocycles. The minimum atomic E-state index is -1.42. The molecule has 6 heteroatoms. The van der Waals surface area contributed by atoms with Crippen LogP contribution in [0.25, 0.3) is 0 Å². The molecule has 104 valence electrons. The third kappa shape index (κ3) is 2.38. The lowest BCUT2D eigenvalue weighted by Crippen LogP contribution is -2.61. The lowest BCUT2D eigenvalue weighted by molar-refractivity contribution is -0.354. The summed E-state index contributed by atoms with van der Waals surface area (Å²) in [5, 5.41) is 29.0. The Labute approximate surface area is 110 Å². The summed E-state index contributed by atoms with van der Waals surface area (Å²) in [6.07, 6.45) is -5.93. The third-order valence-corrected chi connectivity index (χ3v) is 3.42. The highest BCUT2D eigenvalue weighted by Crippen LogP contribution is 2.33. The van der Waals surface area contributed by atoms with E-state index in [0.717, 1.165) is 5.56 Å². The predicted molar refractivity (Wildman–Crippen MR) is 62.9 cm³/mol. The first-order valence-electron chi connectivity index (χ1n) is 6.18. The third-order valence-electron chi connectivity index (χ3n) is 3.42. The number of aliphatic hydroxyl groups excluding tert-OH is 3. The number of hydrogen-bond donors (Lipinski definition) is 3. The molecule has 1 aromatic rings. The topological polar surface area (TPSA) is 88.4 Å². The Morgan fingerprint density at radius 2 is 1.68 bits per heavy atom. The molecule has 2 aliphatic heterocycles. The number of fused-ring (bicyclic) bond motifs is 1. The van der Waals surface area contributed by atoms with E-state index >= 15 is 0 Å². The van der Waals surface area contributed by atoms with Gasteiger partial charge in [-0.25, -0.2) is 0 Å². The lowest BCUT2D eigenvalue weighted by Gasteiger charge is -2.45. The second-order valence-corrected chi connectivity index (χ2v) is 4.72. The standard InChI is InChI=1S/C13H16O6/c14-9-10(15)12(16)18-8-6-17-13(19-11(8)9)7-4-2-1-3-5-7/h1-5,8-16H,6H2/t8-,9-,10+,11-,12+,13?/m1/s1. The van der Waals surface area contributed by atoms with Gasteiger partial charge in [0.05, 0.1) is 6.61 Å². The maximum absolute atomic E-state index is 9.94. The van der Waals surface area contributed by atoms with Gasteiger partial charge in [0.2, 0.25) is 0 Å². The van der Waals surface area contributed by atoms with Gasteiger partial charge in [0, 0.05) is 5.56 Å². The number of aliphatic hydroxyl groups is 3. The quantitative estimate of drug-likeness (QED) is 0.639. The first-order chi connectivity index (χ1) is 9.16. The molecule has 2 saturated heterocycles. The molecule has 2 aliphatic rings. The van der Waals surface area contributed by atoms with Crippen LogP contribution in [0.4, 0.5) is 0 Å². The van der Waals surface area contributed by atoms with Crippen LogP contribution in [0.5, 0.6) is 0 Å². The fourth-order valence-corrected chi connectivity index (χ4v) is 2.37. The van der Waals surface area contributed by atoms with Crippen molar-refractivity contribution in [3.63, 3.8) is 0 Å². The van der Waals surface area contributed by atoms with Crippen molar-refractivity contribution in [2.75, 3.05) is 6.61 Å². The summed E-state index contributed by atoms with van der Waals surface area (Å²) in [5.74, 6) is 0. The Balaban J connectivity index is 1.75. The normalized spacial score (nSPS) is 42.7. The van der Waals surface area contributed by atoms with E-state index in [1.807, 2.05) is 30.3 Å². The van der Waals surface area contributed by atoms with Gasteiger partial charge in [0.1, 0.15) is 24.4 Å². The Hall–Kier alpha value is -1.02. The van der Waals surface area contributed by atoms with Gasteiger partial charge in [-0.15, -0.1) is 0 Å². The van der Waals surface area contributed by atoms with Gasteiger partial charge in [0.15, 0.2) is 12.6 Å². The molecule has 2 fully saturated rings. The molecule has 0 radical (unpaired) electrons. The van der Waals surface area contributed by atoms with Crippen LogP contribution in [-0.4, -0.2) is 52.6 Å². The van der Waals surface area contributed by atoms with Crippen molar-refractivity contribution in [1.82, 2.24) is 0 Å². The molecule has 19 heavy (non-hydrogen) atoms. The van der Waals surface area contributed by atoms with Gasteiger partial charge in [-0.1, -0.05) is 30.3 Å². The molecule has 1 unspecified atom stereocenters. The Morgan fingerprint density at radius 3 is 2.42 bits per heavy atom. The van der Waals surface area contributed by atoms with Gasteiger partial charge in [-0.05, 0) is 0 Å². The van der Waals surface area contributed by atoms with Crippen LogP contribution in [0, 0.1) is 0 Å². The van der Waals surface area contributed by atoms with Gasteiger partial charge >= 0.3 is 0 Å². The van der Waals surface area contributed by atoms with E-state index in [4.69, 9.17) is 14.2 Å². The highest BCUT2D eigenvalue weighted by atomic mass is 16.7. The van der Waals surface area contributed by atoms with E-state index in [-0.39, 0.29) is 6.61 Å². The van der Waals surface area contributed by atoms with Crippen LogP contribution < -0.4 is 0 Å². The van der Waals surface area contributed by atoms with E-state index in [1.165, 1.54) is 0 Å². The Kier molecular flexibility index (Phi) is 3.53. The van der Waals surface area contributed by atoms with Gasteiger partial charge in [-0.3, -0.25) is 0 Å². The molecule has 6 nitrogen and oxygen atoms in total. The van der Waals surface area contributed by atoms with Crippen molar-refractivity contribution in [2.24, 2.45) is 0 Å². The second kappa shape index (κ2) is 5.16. The first-order valence-corrected chi connectivity index (χ1v) is 6.18. The van der Waals surface area contributed by atoms with E-state index < -0.39 is 37.0 Å². The average molecular weight is 268 g/mol. The van der Waals surface area contributed by atoms with Gasteiger partial charge < -0.3 is 29.5 Å². The first kappa shape index (κ1) is 13.0. The molecule has 0 saturated carbocycles. The summed E-state index contributed by atoms with van der Waals surface area (Å²) in [4.78, 5) is 0. The van der Waals surface area contributed by atoms with E-state index in [1.54, 1.807) is 0 Å². The van der Waals surface area contributed by atoms with Crippen LogP contribution in [-0.2, 0) is 14.2 Å². The summed E-state index contributed by atoms with van der Waals surface area (Å²) < 4.78 is 16.3. The summed E-state index contributed by atoms with van der Waals surface area (Å²) >= 11 is 0. The minimum absolute atomic E-state index is 0.186. The molecule has 0 aromatic heterocycles. The molecule has 0 spiro atoms. The molecule has 3 rings (SSSR count). The van der Waals surface area contributed by atoms with Crippen LogP contribution in [0.2, 0.25) is 0 Å². The molecule has 0 amide bonds. The van der Waals surface area contributed by atoms with Crippen LogP contribution >= 0.6 is 0 Å². The molecule has 3 N–H and O–H groups in total. The van der Waals surface area contributed by atoms with Crippen molar-refractivity contribution in [3.8, 4) is 0 Å². The van der Waals surface area contributed by atoms with Gasteiger partial charge in [-0.2, -0.15) is 0 Å². The van der Waals surface area contributed by atoms with Crippen molar-refractivity contribution >= 4 is 0 Å². The summed E-state index contributed by atoms with van der Waals surface area (Å²) in [5.41, 5.74) is 0.828. The zero-order valence-electron chi connectivity index (χ0n) is 10.1. The maximum Gasteiger partial charge on any atom is 0.184 e. The Bertz CT molecular complexity index is 422. The summed E-state index contributed by atoms with van der Waals surface area (Å²) in [7, 11) is 0. The molecule has 6 atom stereocenters. The molecular formula is C13H16O6. The zero-order chi connectivity index (χ0) is 13.4. The fourth-order valence-electron chi connectivity index (χ4n) is 2.37. The number of benzene rings is 1. The minimum Gasteiger partial charge on any atom is -0.387 e. The number of ether oxygens (including phenoxy) is 3. The molecule has 2 heterocycles. The second-order valence-electron chi connectivity index (χ2n) is 4.72. The highest BCUT2D eigenvalue weighted by Gasteiger charge is 2.48. The van der Waals surface area contributed by atoms with E-state index in [9.17, 15) is 15.3 Å². The fraction of sp³-hybridized carbons (Fsp3) is 0.538. The number of hydrogen-bond acceptors (Lipinski definition) is 6.